The summed E-state index contributed by atoms with van der Waals surface area (Å²) in [4.78, 5) is 15.1. The highest BCUT2D eigenvalue weighted by Crippen LogP contribution is 2.01. The van der Waals surface area contributed by atoms with Crippen molar-refractivity contribution in [1.82, 2.24) is 10.3 Å². The zero-order chi connectivity index (χ0) is 9.68. The van der Waals surface area contributed by atoms with Crippen LogP contribution in [0.25, 0.3) is 0 Å². The molecule has 0 bridgehead atoms. The summed E-state index contributed by atoms with van der Waals surface area (Å²) in [6, 6.07) is 3.76. The van der Waals surface area contributed by atoms with Crippen molar-refractivity contribution < 1.29 is 4.79 Å². The lowest BCUT2D eigenvalue weighted by Crippen LogP contribution is -2.34. The van der Waals surface area contributed by atoms with Crippen LogP contribution in [0, 0.1) is 0 Å². The van der Waals surface area contributed by atoms with E-state index in [2.05, 4.69) is 10.3 Å². The molecule has 1 aromatic heterocycles. The molecule has 1 atom stereocenters. The van der Waals surface area contributed by atoms with Crippen molar-refractivity contribution >= 4 is 5.78 Å². The molecule has 0 fully saturated rings. The van der Waals surface area contributed by atoms with Crippen molar-refractivity contribution in [2.24, 2.45) is 0 Å². The van der Waals surface area contributed by atoms with Crippen LogP contribution < -0.4 is 5.32 Å². The summed E-state index contributed by atoms with van der Waals surface area (Å²) in [5.41, 5.74) is 1.08. The maximum Gasteiger partial charge on any atom is 0.147 e. The lowest BCUT2D eigenvalue weighted by Gasteiger charge is -2.11. The molecule has 0 spiro atoms. The van der Waals surface area contributed by atoms with Gasteiger partial charge in [-0.15, -0.1) is 0 Å². The van der Waals surface area contributed by atoms with Crippen LogP contribution >= 0.6 is 0 Å². The molecule has 13 heavy (non-hydrogen) atoms. The monoisotopic (exact) mass is 178 g/mol. The third-order valence-corrected chi connectivity index (χ3v) is 2.00. The standard InChI is InChI=1S/C10H14N2O/c1-8(13)10(11-2)6-9-4-3-5-12-7-9/h3-5,7,10-11H,6H2,1-2H3/t10-/m1/s1. The Morgan fingerprint density at radius 3 is 2.92 bits per heavy atom. The van der Waals surface area contributed by atoms with E-state index >= 15 is 0 Å². The van der Waals surface area contributed by atoms with Gasteiger partial charge in [-0.1, -0.05) is 6.07 Å². The molecule has 0 aliphatic carbocycles. The van der Waals surface area contributed by atoms with Crippen molar-refractivity contribution in [1.29, 1.82) is 0 Å². The fraction of sp³-hybridized carbons (Fsp3) is 0.400. The quantitative estimate of drug-likeness (QED) is 0.741. The molecule has 3 nitrogen and oxygen atoms in total. The van der Waals surface area contributed by atoms with Crippen LogP contribution in [0.1, 0.15) is 12.5 Å². The number of rotatable bonds is 4. The second-order valence-corrected chi connectivity index (χ2v) is 3.02. The summed E-state index contributed by atoms with van der Waals surface area (Å²) in [7, 11) is 1.79. The number of nitrogens with zero attached hydrogens (tertiary/aromatic N) is 1. The minimum Gasteiger partial charge on any atom is -0.310 e. The van der Waals surface area contributed by atoms with Gasteiger partial charge in [0.05, 0.1) is 6.04 Å². The number of hydrogen-bond acceptors (Lipinski definition) is 3. The average molecular weight is 178 g/mol. The molecule has 0 saturated heterocycles. The second kappa shape index (κ2) is 4.72. The lowest BCUT2D eigenvalue weighted by molar-refractivity contribution is -0.118. The average Bonchev–Trinajstić information content (AvgIpc) is 2.15. The van der Waals surface area contributed by atoms with Gasteiger partial charge in [-0.2, -0.15) is 0 Å². The van der Waals surface area contributed by atoms with E-state index in [0.29, 0.717) is 6.42 Å². The number of Topliss-reactive ketones (excluding diaryl/α,β-unsaturated/α-hetero) is 1. The SMILES string of the molecule is CN[C@H](Cc1cccnc1)C(C)=O. The Bertz CT molecular complexity index is 272. The molecule has 70 valence electrons. The molecular weight excluding hydrogens is 164 g/mol. The van der Waals surface area contributed by atoms with Crippen LogP contribution in [-0.4, -0.2) is 23.9 Å². The highest BCUT2D eigenvalue weighted by atomic mass is 16.1. The Morgan fingerprint density at radius 2 is 2.46 bits per heavy atom. The summed E-state index contributed by atoms with van der Waals surface area (Å²) in [6.45, 7) is 1.59. The van der Waals surface area contributed by atoms with E-state index in [0.717, 1.165) is 5.56 Å². The Balaban J connectivity index is 2.62. The molecule has 0 aliphatic heterocycles. The number of carbonyl (C=O) groups is 1. The summed E-state index contributed by atoms with van der Waals surface area (Å²) >= 11 is 0. The van der Waals surface area contributed by atoms with Crippen molar-refractivity contribution in [3.63, 3.8) is 0 Å². The molecule has 0 amide bonds. The van der Waals surface area contributed by atoms with E-state index in [1.54, 1.807) is 26.4 Å². The molecule has 3 heteroatoms. The third kappa shape index (κ3) is 2.95. The van der Waals surface area contributed by atoms with Crippen molar-refractivity contribution in [3.05, 3.63) is 30.1 Å². The van der Waals surface area contributed by atoms with Gasteiger partial charge in [0.25, 0.3) is 0 Å². The van der Waals surface area contributed by atoms with Gasteiger partial charge in [-0.3, -0.25) is 9.78 Å². The van der Waals surface area contributed by atoms with Crippen LogP contribution in [0.15, 0.2) is 24.5 Å². The number of likely N-dealkylation sites (N-methyl/N-ethyl adjacent to an activating group) is 1. The predicted octanol–water partition coefficient (Wildman–Crippen LogP) is 0.801. The Kier molecular flexibility index (Phi) is 3.58. The number of aromatic nitrogens is 1. The summed E-state index contributed by atoms with van der Waals surface area (Å²) in [5, 5.41) is 2.97. The first-order valence-corrected chi connectivity index (χ1v) is 4.30. The van der Waals surface area contributed by atoms with Gasteiger partial charge < -0.3 is 5.32 Å². The molecule has 0 radical (unpaired) electrons. The largest absolute Gasteiger partial charge is 0.310 e. The number of ketones is 1. The van der Waals surface area contributed by atoms with E-state index in [1.807, 2.05) is 12.1 Å². The summed E-state index contributed by atoms with van der Waals surface area (Å²) < 4.78 is 0. The van der Waals surface area contributed by atoms with Gasteiger partial charge in [0, 0.05) is 12.4 Å². The maximum atomic E-state index is 11.1. The second-order valence-electron chi connectivity index (χ2n) is 3.02. The van der Waals surface area contributed by atoms with Crippen LogP contribution in [0.3, 0.4) is 0 Å². The van der Waals surface area contributed by atoms with Gasteiger partial charge in [0.15, 0.2) is 0 Å². The molecule has 1 aromatic rings. The van der Waals surface area contributed by atoms with Gasteiger partial charge in [0.2, 0.25) is 0 Å². The molecule has 1 N–H and O–H groups in total. The molecule has 1 rings (SSSR count). The van der Waals surface area contributed by atoms with Crippen molar-refractivity contribution in [3.8, 4) is 0 Å². The molecule has 0 saturated carbocycles. The highest BCUT2D eigenvalue weighted by molar-refractivity contribution is 5.81. The van der Waals surface area contributed by atoms with E-state index in [1.165, 1.54) is 0 Å². The van der Waals surface area contributed by atoms with E-state index in [-0.39, 0.29) is 11.8 Å². The minimum atomic E-state index is -0.0933. The maximum absolute atomic E-state index is 11.1. The lowest BCUT2D eigenvalue weighted by atomic mass is 10.1. The van der Waals surface area contributed by atoms with E-state index < -0.39 is 0 Å². The van der Waals surface area contributed by atoms with Crippen molar-refractivity contribution in [2.75, 3.05) is 7.05 Å². The fourth-order valence-corrected chi connectivity index (χ4v) is 1.20. The zero-order valence-electron chi connectivity index (χ0n) is 7.95. The first-order chi connectivity index (χ1) is 6.24. The van der Waals surface area contributed by atoms with Gasteiger partial charge in [-0.05, 0) is 32.0 Å². The predicted molar refractivity (Wildman–Crippen MR) is 51.5 cm³/mol. The fourth-order valence-electron chi connectivity index (χ4n) is 1.20. The smallest absolute Gasteiger partial charge is 0.147 e. The Labute approximate surface area is 78.2 Å². The molecular formula is C10H14N2O. The van der Waals surface area contributed by atoms with Crippen LogP contribution in [0.2, 0.25) is 0 Å². The highest BCUT2D eigenvalue weighted by Gasteiger charge is 2.11. The summed E-state index contributed by atoms with van der Waals surface area (Å²) in [6.07, 6.45) is 4.22. The van der Waals surface area contributed by atoms with Crippen LogP contribution in [-0.2, 0) is 11.2 Å². The normalized spacial score (nSPS) is 12.5. The zero-order valence-corrected chi connectivity index (χ0v) is 7.95. The topological polar surface area (TPSA) is 42.0 Å². The Hall–Kier alpha value is -1.22. The Morgan fingerprint density at radius 1 is 1.69 bits per heavy atom. The molecule has 0 unspecified atom stereocenters. The van der Waals surface area contributed by atoms with E-state index in [9.17, 15) is 4.79 Å². The van der Waals surface area contributed by atoms with Gasteiger partial charge >= 0.3 is 0 Å². The first kappa shape index (κ1) is 9.86. The number of pyridine rings is 1. The van der Waals surface area contributed by atoms with Crippen LogP contribution in [0.4, 0.5) is 0 Å². The molecule has 0 aliphatic rings. The van der Waals surface area contributed by atoms with Crippen molar-refractivity contribution in [2.45, 2.75) is 19.4 Å². The molecule has 1 heterocycles. The van der Waals surface area contributed by atoms with E-state index in [4.69, 9.17) is 0 Å². The minimum absolute atomic E-state index is 0.0933. The van der Waals surface area contributed by atoms with Crippen LogP contribution in [0.5, 0.6) is 0 Å². The third-order valence-electron chi connectivity index (χ3n) is 2.00. The first-order valence-electron chi connectivity index (χ1n) is 4.30. The number of hydrogen-bond donors (Lipinski definition) is 1. The molecule has 0 aromatic carbocycles. The van der Waals surface area contributed by atoms with Gasteiger partial charge in [-0.25, -0.2) is 0 Å². The number of carbonyl (C=O) groups excluding carboxylic acids is 1. The van der Waals surface area contributed by atoms with Gasteiger partial charge in [0.1, 0.15) is 5.78 Å². The number of nitrogens with one attached hydrogen (secondary N) is 1. The summed E-state index contributed by atoms with van der Waals surface area (Å²) in [5.74, 6) is 0.159.